The molecule has 1 unspecified atom stereocenters. The normalized spacial score (nSPS) is 12.3. The molecule has 2 aromatic heterocycles. The minimum absolute atomic E-state index is 0.675. The minimum atomic E-state index is -0.764. The molecule has 4 nitrogen and oxygen atoms in total. The van der Waals surface area contributed by atoms with Crippen LogP contribution in [0.15, 0.2) is 59.6 Å². The third kappa shape index (κ3) is 3.01. The number of nitrogens with zero attached hydrogens (tertiary/aromatic N) is 2. The zero-order valence-electron chi connectivity index (χ0n) is 11.7. The molecule has 0 saturated carbocycles. The molecule has 1 aromatic carbocycles. The number of aliphatic hydroxyl groups is 1. The van der Waals surface area contributed by atoms with E-state index in [1.807, 2.05) is 37.4 Å². The Bertz CT molecular complexity index is 722. The van der Waals surface area contributed by atoms with Crippen molar-refractivity contribution >= 4 is 0 Å². The van der Waals surface area contributed by atoms with Crippen LogP contribution in [-0.2, 0) is 6.42 Å². The molecule has 21 heavy (non-hydrogen) atoms. The Morgan fingerprint density at radius 3 is 2.67 bits per heavy atom. The third-order valence-electron chi connectivity index (χ3n) is 3.46. The quantitative estimate of drug-likeness (QED) is 0.798. The lowest BCUT2D eigenvalue weighted by atomic mass is 10.0. The number of aromatic nitrogens is 2. The first-order valence-corrected chi connectivity index (χ1v) is 6.80. The Morgan fingerprint density at radius 1 is 1.14 bits per heavy atom. The Kier molecular flexibility index (Phi) is 3.79. The molecule has 0 bridgehead atoms. The molecule has 0 amide bonds. The van der Waals surface area contributed by atoms with Gasteiger partial charge in [-0.25, -0.2) is 0 Å². The third-order valence-corrected chi connectivity index (χ3v) is 3.46. The lowest BCUT2D eigenvalue weighted by molar-refractivity contribution is 0.218. The zero-order valence-corrected chi connectivity index (χ0v) is 11.7. The van der Waals surface area contributed by atoms with E-state index in [1.54, 1.807) is 6.20 Å². The first-order valence-electron chi connectivity index (χ1n) is 6.80. The van der Waals surface area contributed by atoms with E-state index in [1.165, 1.54) is 11.8 Å². The Labute approximate surface area is 123 Å². The summed E-state index contributed by atoms with van der Waals surface area (Å²) in [5.74, 6) is 0. The van der Waals surface area contributed by atoms with E-state index < -0.39 is 6.10 Å². The summed E-state index contributed by atoms with van der Waals surface area (Å²) in [5, 5.41) is 14.2. The largest absolute Gasteiger partial charge is 0.383 e. The van der Waals surface area contributed by atoms with Crippen LogP contribution in [0.1, 0.15) is 34.1 Å². The molecule has 0 fully saturated rings. The van der Waals surface area contributed by atoms with Crippen LogP contribution in [0.2, 0.25) is 0 Å². The number of hydrogen-bond acceptors (Lipinski definition) is 4. The molecule has 0 aliphatic carbocycles. The lowest BCUT2D eigenvalue weighted by Gasteiger charge is -2.10. The van der Waals surface area contributed by atoms with E-state index >= 15 is 0 Å². The van der Waals surface area contributed by atoms with Crippen LogP contribution in [0.4, 0.5) is 0 Å². The van der Waals surface area contributed by atoms with E-state index in [9.17, 15) is 5.11 Å². The van der Waals surface area contributed by atoms with Crippen molar-refractivity contribution in [3.8, 4) is 0 Å². The number of hydrogen-bond donors (Lipinski definition) is 1. The fourth-order valence-corrected chi connectivity index (χ4v) is 2.33. The standard InChI is InChI=1S/C17H16N2O2/c1-12-16(11-21-19-12)17(20)15-8-14(9-18-10-15)7-13-5-3-2-4-6-13/h2-6,8-11,17,20H,7H2,1H3. The van der Waals surface area contributed by atoms with Gasteiger partial charge in [-0.1, -0.05) is 35.5 Å². The topological polar surface area (TPSA) is 59.2 Å². The SMILES string of the molecule is Cc1nocc1C(O)c1cncc(Cc2ccccc2)c1. The van der Waals surface area contributed by atoms with Gasteiger partial charge in [0, 0.05) is 23.5 Å². The molecule has 0 radical (unpaired) electrons. The zero-order chi connectivity index (χ0) is 14.7. The maximum atomic E-state index is 10.4. The van der Waals surface area contributed by atoms with Crippen LogP contribution in [-0.4, -0.2) is 15.2 Å². The van der Waals surface area contributed by atoms with Crippen molar-refractivity contribution in [2.75, 3.05) is 0 Å². The van der Waals surface area contributed by atoms with Crippen molar-refractivity contribution in [3.05, 3.63) is 83.0 Å². The van der Waals surface area contributed by atoms with Crippen molar-refractivity contribution < 1.29 is 9.63 Å². The fraction of sp³-hybridized carbons (Fsp3) is 0.176. The summed E-state index contributed by atoms with van der Waals surface area (Å²) in [6, 6.07) is 12.2. The highest BCUT2D eigenvalue weighted by Crippen LogP contribution is 2.24. The molecule has 0 aliphatic heterocycles. The van der Waals surface area contributed by atoms with Crippen LogP contribution in [0.25, 0.3) is 0 Å². The van der Waals surface area contributed by atoms with Gasteiger partial charge in [-0.05, 0) is 30.5 Å². The van der Waals surface area contributed by atoms with Gasteiger partial charge in [0.25, 0.3) is 0 Å². The number of benzene rings is 1. The number of aryl methyl sites for hydroxylation is 1. The van der Waals surface area contributed by atoms with Gasteiger partial charge >= 0.3 is 0 Å². The second kappa shape index (κ2) is 5.89. The predicted octanol–water partition coefficient (Wildman–Crippen LogP) is 3.05. The summed E-state index contributed by atoms with van der Waals surface area (Å²) in [4.78, 5) is 4.23. The molecule has 3 aromatic rings. The number of pyridine rings is 1. The number of rotatable bonds is 4. The van der Waals surface area contributed by atoms with E-state index in [0.29, 0.717) is 11.3 Å². The summed E-state index contributed by atoms with van der Waals surface area (Å²) in [6.07, 6.45) is 5.00. The molecule has 0 spiro atoms. The maximum absolute atomic E-state index is 10.4. The van der Waals surface area contributed by atoms with E-state index in [0.717, 1.165) is 17.5 Å². The summed E-state index contributed by atoms with van der Waals surface area (Å²) < 4.78 is 4.88. The Morgan fingerprint density at radius 2 is 1.95 bits per heavy atom. The Balaban J connectivity index is 1.85. The van der Waals surface area contributed by atoms with Gasteiger partial charge < -0.3 is 9.63 Å². The average Bonchev–Trinajstić information content (AvgIpc) is 2.94. The van der Waals surface area contributed by atoms with Crippen LogP contribution in [0.3, 0.4) is 0 Å². The van der Waals surface area contributed by atoms with Crippen molar-refractivity contribution in [3.63, 3.8) is 0 Å². The minimum Gasteiger partial charge on any atom is -0.383 e. The fourth-order valence-electron chi connectivity index (χ4n) is 2.33. The molecular formula is C17H16N2O2. The van der Waals surface area contributed by atoms with Crippen LogP contribution in [0, 0.1) is 6.92 Å². The highest BCUT2D eigenvalue weighted by atomic mass is 16.5. The molecule has 1 atom stereocenters. The van der Waals surface area contributed by atoms with Crippen LogP contribution >= 0.6 is 0 Å². The molecule has 3 rings (SSSR count). The van der Waals surface area contributed by atoms with Gasteiger partial charge in [0.2, 0.25) is 0 Å². The number of aliphatic hydroxyl groups excluding tert-OH is 1. The second-order valence-corrected chi connectivity index (χ2v) is 5.05. The van der Waals surface area contributed by atoms with E-state index in [2.05, 4.69) is 22.3 Å². The summed E-state index contributed by atoms with van der Waals surface area (Å²) in [7, 11) is 0. The Hall–Kier alpha value is -2.46. The molecular weight excluding hydrogens is 264 g/mol. The van der Waals surface area contributed by atoms with Crippen molar-refractivity contribution in [1.29, 1.82) is 0 Å². The molecule has 1 N–H and O–H groups in total. The van der Waals surface area contributed by atoms with Crippen molar-refractivity contribution in [2.24, 2.45) is 0 Å². The summed E-state index contributed by atoms with van der Waals surface area (Å²) in [5.41, 5.74) is 4.39. The smallest absolute Gasteiger partial charge is 0.130 e. The lowest BCUT2D eigenvalue weighted by Crippen LogP contribution is -2.02. The van der Waals surface area contributed by atoms with Gasteiger partial charge in [-0.2, -0.15) is 0 Å². The first kappa shape index (κ1) is 13.5. The van der Waals surface area contributed by atoms with Crippen LogP contribution in [0.5, 0.6) is 0 Å². The highest BCUT2D eigenvalue weighted by Gasteiger charge is 2.16. The van der Waals surface area contributed by atoms with Gasteiger partial charge in [0.15, 0.2) is 0 Å². The molecule has 0 aliphatic rings. The highest BCUT2D eigenvalue weighted by molar-refractivity contribution is 5.32. The van der Waals surface area contributed by atoms with Gasteiger partial charge in [0.1, 0.15) is 12.4 Å². The monoisotopic (exact) mass is 280 g/mol. The van der Waals surface area contributed by atoms with Gasteiger partial charge in [-0.15, -0.1) is 0 Å². The second-order valence-electron chi connectivity index (χ2n) is 5.05. The summed E-state index contributed by atoms with van der Waals surface area (Å²) >= 11 is 0. The van der Waals surface area contributed by atoms with Crippen LogP contribution < -0.4 is 0 Å². The van der Waals surface area contributed by atoms with Gasteiger partial charge in [0.05, 0.1) is 5.69 Å². The molecule has 2 heterocycles. The maximum Gasteiger partial charge on any atom is 0.130 e. The predicted molar refractivity (Wildman–Crippen MR) is 78.8 cm³/mol. The molecule has 106 valence electrons. The van der Waals surface area contributed by atoms with E-state index in [4.69, 9.17) is 4.52 Å². The average molecular weight is 280 g/mol. The summed E-state index contributed by atoms with van der Waals surface area (Å²) in [6.45, 7) is 1.81. The van der Waals surface area contributed by atoms with E-state index in [-0.39, 0.29) is 0 Å². The molecule has 0 saturated heterocycles. The van der Waals surface area contributed by atoms with Crippen molar-refractivity contribution in [2.45, 2.75) is 19.4 Å². The van der Waals surface area contributed by atoms with Gasteiger partial charge in [-0.3, -0.25) is 4.98 Å². The molecule has 4 heteroatoms. The van der Waals surface area contributed by atoms with Crippen molar-refractivity contribution in [1.82, 2.24) is 10.1 Å². The first-order chi connectivity index (χ1) is 10.2.